The van der Waals surface area contributed by atoms with Crippen LogP contribution >= 0.6 is 0 Å². The second kappa shape index (κ2) is 6.68. The molecule has 4 unspecified atom stereocenters. The average molecular weight is 334 g/mol. The van der Waals surface area contributed by atoms with E-state index in [0.29, 0.717) is 36.1 Å². The smallest absolute Gasteiger partial charge is 0.201 e. The molecular formula is C19H30N2O3. The Morgan fingerprint density at radius 3 is 2.12 bits per heavy atom. The van der Waals surface area contributed by atoms with Crippen LogP contribution < -0.4 is 0 Å². The SMILES string of the molecule is COC1=C(OC)C2CC(N3CCCC3)C(N3CCCC3)C2CC1=O. The minimum Gasteiger partial charge on any atom is -0.497 e. The van der Waals surface area contributed by atoms with Gasteiger partial charge in [-0.15, -0.1) is 0 Å². The molecule has 0 aromatic carbocycles. The Labute approximate surface area is 145 Å². The molecule has 0 amide bonds. The summed E-state index contributed by atoms with van der Waals surface area (Å²) in [6.45, 7) is 4.81. The second-order valence-corrected chi connectivity index (χ2v) is 7.78. The van der Waals surface area contributed by atoms with Gasteiger partial charge in [0.15, 0.2) is 5.76 Å². The Morgan fingerprint density at radius 2 is 1.54 bits per heavy atom. The molecule has 1 saturated carbocycles. The fourth-order valence-electron chi connectivity index (χ4n) is 5.73. The van der Waals surface area contributed by atoms with Crippen molar-refractivity contribution in [2.45, 2.75) is 50.6 Å². The molecule has 4 aliphatic rings. The molecular weight excluding hydrogens is 304 g/mol. The third-order valence-corrected chi connectivity index (χ3v) is 6.68. The predicted molar refractivity (Wildman–Crippen MR) is 91.5 cm³/mol. The van der Waals surface area contributed by atoms with Gasteiger partial charge in [0, 0.05) is 24.4 Å². The highest BCUT2D eigenvalue weighted by atomic mass is 16.5. The molecule has 3 fully saturated rings. The highest BCUT2D eigenvalue weighted by Gasteiger charge is 2.54. The van der Waals surface area contributed by atoms with Gasteiger partial charge in [-0.1, -0.05) is 0 Å². The maximum absolute atomic E-state index is 12.6. The average Bonchev–Trinajstić information content (AvgIpc) is 3.31. The normalized spacial score (nSPS) is 38.0. The van der Waals surface area contributed by atoms with Crippen LogP contribution in [0.3, 0.4) is 0 Å². The number of methoxy groups -OCH3 is 2. The van der Waals surface area contributed by atoms with Crippen molar-refractivity contribution in [2.75, 3.05) is 40.4 Å². The van der Waals surface area contributed by atoms with Crippen molar-refractivity contribution in [2.24, 2.45) is 11.8 Å². The van der Waals surface area contributed by atoms with Gasteiger partial charge in [0.25, 0.3) is 0 Å². The number of fused-ring (bicyclic) bond motifs is 1. The van der Waals surface area contributed by atoms with E-state index in [0.717, 1.165) is 12.2 Å². The molecule has 2 aliphatic heterocycles. The Balaban J connectivity index is 1.68. The van der Waals surface area contributed by atoms with E-state index >= 15 is 0 Å². The predicted octanol–water partition coefficient (Wildman–Crippen LogP) is 2.03. The summed E-state index contributed by atoms with van der Waals surface area (Å²) >= 11 is 0. The van der Waals surface area contributed by atoms with Crippen LogP contribution in [0, 0.1) is 11.8 Å². The molecule has 0 aromatic rings. The number of carbonyl (C=O) groups excluding carboxylic acids is 1. The van der Waals surface area contributed by atoms with E-state index in [1.807, 2.05) is 0 Å². The number of carbonyl (C=O) groups is 1. The van der Waals surface area contributed by atoms with Crippen LogP contribution in [0.4, 0.5) is 0 Å². The van der Waals surface area contributed by atoms with Crippen LogP contribution in [0.2, 0.25) is 0 Å². The highest BCUT2D eigenvalue weighted by molar-refractivity contribution is 5.95. The topological polar surface area (TPSA) is 42.0 Å². The highest BCUT2D eigenvalue weighted by Crippen LogP contribution is 2.49. The largest absolute Gasteiger partial charge is 0.497 e. The third kappa shape index (κ3) is 2.57. The van der Waals surface area contributed by atoms with Crippen LogP contribution in [-0.2, 0) is 14.3 Å². The monoisotopic (exact) mass is 334 g/mol. The summed E-state index contributed by atoms with van der Waals surface area (Å²) in [6.07, 6.45) is 6.94. The lowest BCUT2D eigenvalue weighted by Crippen LogP contribution is -2.50. The second-order valence-electron chi connectivity index (χ2n) is 7.78. The molecule has 2 heterocycles. The summed E-state index contributed by atoms with van der Waals surface area (Å²) in [7, 11) is 3.29. The van der Waals surface area contributed by atoms with Gasteiger partial charge in [-0.2, -0.15) is 0 Å². The first-order valence-electron chi connectivity index (χ1n) is 9.58. The van der Waals surface area contributed by atoms with Crippen molar-refractivity contribution in [3.63, 3.8) is 0 Å². The van der Waals surface area contributed by atoms with E-state index in [4.69, 9.17) is 9.47 Å². The summed E-state index contributed by atoms with van der Waals surface area (Å²) in [6, 6.07) is 1.07. The number of likely N-dealkylation sites (tertiary alicyclic amines) is 2. The Kier molecular flexibility index (Phi) is 4.56. The molecule has 2 saturated heterocycles. The summed E-state index contributed by atoms with van der Waals surface area (Å²) in [5.41, 5.74) is 0. The number of rotatable bonds is 4. The quantitative estimate of drug-likeness (QED) is 0.787. The van der Waals surface area contributed by atoms with Gasteiger partial charge in [-0.25, -0.2) is 0 Å². The van der Waals surface area contributed by atoms with Crippen LogP contribution in [-0.4, -0.2) is 68.1 Å². The standard InChI is InChI=1S/C19H30N2O3/c1-23-18-14-11-15(20-7-3-4-8-20)17(21-9-5-6-10-21)13(14)12-16(22)19(18)24-2/h13-15,17H,3-12H2,1-2H3. The maximum atomic E-state index is 12.6. The first-order valence-corrected chi connectivity index (χ1v) is 9.58. The van der Waals surface area contributed by atoms with E-state index < -0.39 is 0 Å². The van der Waals surface area contributed by atoms with Crippen molar-refractivity contribution in [1.29, 1.82) is 0 Å². The molecule has 4 atom stereocenters. The van der Waals surface area contributed by atoms with Crippen molar-refractivity contribution in [3.8, 4) is 0 Å². The molecule has 0 bridgehead atoms. The summed E-state index contributed by atoms with van der Waals surface area (Å²) in [5, 5.41) is 0. The van der Waals surface area contributed by atoms with E-state index in [-0.39, 0.29) is 5.78 Å². The minimum absolute atomic E-state index is 0.127. The number of ketones is 1. The van der Waals surface area contributed by atoms with E-state index in [1.165, 1.54) is 51.9 Å². The lowest BCUT2D eigenvalue weighted by molar-refractivity contribution is -0.122. The van der Waals surface area contributed by atoms with Gasteiger partial charge in [0.2, 0.25) is 5.78 Å². The Bertz CT molecular complexity index is 521. The van der Waals surface area contributed by atoms with Crippen LogP contribution in [0.1, 0.15) is 38.5 Å². The van der Waals surface area contributed by atoms with Gasteiger partial charge in [-0.3, -0.25) is 14.6 Å². The number of allylic oxidation sites excluding steroid dienone is 2. The number of nitrogens with zero attached hydrogens (tertiary/aromatic N) is 2. The number of hydrogen-bond acceptors (Lipinski definition) is 5. The molecule has 0 spiro atoms. The van der Waals surface area contributed by atoms with Gasteiger partial charge in [0.05, 0.1) is 14.2 Å². The molecule has 24 heavy (non-hydrogen) atoms. The van der Waals surface area contributed by atoms with Crippen molar-refractivity contribution >= 4 is 5.78 Å². The third-order valence-electron chi connectivity index (χ3n) is 6.68. The molecule has 0 radical (unpaired) electrons. The number of hydrogen-bond donors (Lipinski definition) is 0. The zero-order chi connectivity index (χ0) is 16.7. The number of Topliss-reactive ketones (excluding diaryl/α,β-unsaturated/α-hetero) is 1. The molecule has 4 rings (SSSR count). The molecule has 0 N–H and O–H groups in total. The Morgan fingerprint density at radius 1 is 0.917 bits per heavy atom. The van der Waals surface area contributed by atoms with Crippen molar-refractivity contribution < 1.29 is 14.3 Å². The lowest BCUT2D eigenvalue weighted by Gasteiger charge is -2.38. The first-order chi connectivity index (χ1) is 11.7. The minimum atomic E-state index is 0.127. The van der Waals surface area contributed by atoms with Gasteiger partial charge >= 0.3 is 0 Å². The van der Waals surface area contributed by atoms with Crippen molar-refractivity contribution in [1.82, 2.24) is 9.80 Å². The van der Waals surface area contributed by atoms with Crippen LogP contribution in [0.5, 0.6) is 0 Å². The molecule has 5 heteroatoms. The van der Waals surface area contributed by atoms with Crippen LogP contribution in [0.15, 0.2) is 11.5 Å². The first kappa shape index (κ1) is 16.4. The van der Waals surface area contributed by atoms with Gasteiger partial charge in [-0.05, 0) is 64.2 Å². The van der Waals surface area contributed by atoms with E-state index in [9.17, 15) is 4.79 Å². The molecule has 2 aliphatic carbocycles. The fraction of sp³-hybridized carbons (Fsp3) is 0.842. The lowest BCUT2D eigenvalue weighted by atomic mass is 9.81. The zero-order valence-corrected chi connectivity index (χ0v) is 15.0. The molecule has 5 nitrogen and oxygen atoms in total. The molecule has 134 valence electrons. The summed E-state index contributed by atoms with van der Waals surface area (Å²) < 4.78 is 11.1. The molecule has 0 aromatic heterocycles. The number of ether oxygens (including phenoxy) is 2. The summed E-state index contributed by atoms with van der Waals surface area (Å²) in [5.74, 6) is 2.13. The summed E-state index contributed by atoms with van der Waals surface area (Å²) in [4.78, 5) is 18.0. The van der Waals surface area contributed by atoms with E-state index in [1.54, 1.807) is 14.2 Å². The van der Waals surface area contributed by atoms with Crippen LogP contribution in [0.25, 0.3) is 0 Å². The Hall–Kier alpha value is -1.07. The zero-order valence-electron chi connectivity index (χ0n) is 15.0. The fourth-order valence-corrected chi connectivity index (χ4v) is 5.73. The van der Waals surface area contributed by atoms with E-state index in [2.05, 4.69) is 9.80 Å². The van der Waals surface area contributed by atoms with Gasteiger partial charge in [0.1, 0.15) is 5.76 Å². The van der Waals surface area contributed by atoms with Crippen molar-refractivity contribution in [3.05, 3.63) is 11.5 Å². The van der Waals surface area contributed by atoms with Gasteiger partial charge < -0.3 is 9.47 Å². The maximum Gasteiger partial charge on any atom is 0.201 e.